The molecule has 20 heavy (non-hydrogen) atoms. The lowest BCUT2D eigenvalue weighted by atomic mass is 10.1. The molecule has 1 saturated carbocycles. The number of imidazole rings is 1. The fourth-order valence-corrected chi connectivity index (χ4v) is 2.50. The van der Waals surface area contributed by atoms with E-state index in [4.69, 9.17) is 16.3 Å². The van der Waals surface area contributed by atoms with E-state index < -0.39 is 0 Å². The van der Waals surface area contributed by atoms with Crippen LogP contribution in [-0.2, 0) is 0 Å². The molecule has 0 bridgehead atoms. The second-order valence-electron chi connectivity index (χ2n) is 4.96. The lowest BCUT2D eigenvalue weighted by Gasteiger charge is -2.09. The molecule has 2 heterocycles. The van der Waals surface area contributed by atoms with E-state index in [2.05, 4.69) is 22.1 Å². The summed E-state index contributed by atoms with van der Waals surface area (Å²) in [6.45, 7) is 0. The third-order valence-corrected chi connectivity index (χ3v) is 3.84. The first-order chi connectivity index (χ1) is 9.81. The zero-order valence-electron chi connectivity index (χ0n) is 10.7. The molecule has 0 radical (unpaired) electrons. The largest absolute Gasteiger partial charge is 0.453 e. The van der Waals surface area contributed by atoms with E-state index in [0.717, 1.165) is 5.75 Å². The SMILES string of the molecule is Clc1c(Oc2cccc(C3CC3)c2)cnc2nccn12. The van der Waals surface area contributed by atoms with Crippen molar-refractivity contribution in [1.82, 2.24) is 14.4 Å². The summed E-state index contributed by atoms with van der Waals surface area (Å²) in [6.07, 6.45) is 7.57. The van der Waals surface area contributed by atoms with Gasteiger partial charge in [0.05, 0.1) is 6.20 Å². The number of nitrogens with zero attached hydrogens (tertiary/aromatic N) is 3. The topological polar surface area (TPSA) is 39.4 Å². The third kappa shape index (κ3) is 2.02. The van der Waals surface area contributed by atoms with Crippen LogP contribution >= 0.6 is 11.6 Å². The molecule has 100 valence electrons. The van der Waals surface area contributed by atoms with Crippen LogP contribution < -0.4 is 4.74 Å². The molecule has 0 atom stereocenters. The molecule has 1 aliphatic rings. The van der Waals surface area contributed by atoms with E-state index in [1.807, 2.05) is 12.1 Å². The minimum absolute atomic E-state index is 0.476. The van der Waals surface area contributed by atoms with E-state index in [-0.39, 0.29) is 0 Å². The van der Waals surface area contributed by atoms with Gasteiger partial charge in [0.2, 0.25) is 5.78 Å². The van der Waals surface area contributed by atoms with E-state index in [1.165, 1.54) is 18.4 Å². The van der Waals surface area contributed by atoms with Gasteiger partial charge >= 0.3 is 0 Å². The molecule has 0 unspecified atom stereocenters. The van der Waals surface area contributed by atoms with Gasteiger partial charge in [-0.05, 0) is 36.5 Å². The van der Waals surface area contributed by atoms with Crippen LogP contribution in [0.1, 0.15) is 24.3 Å². The van der Waals surface area contributed by atoms with Crippen LogP contribution in [0.5, 0.6) is 11.5 Å². The molecule has 0 amide bonds. The molecule has 1 aromatic carbocycles. The molecule has 1 aliphatic carbocycles. The molecule has 0 saturated heterocycles. The van der Waals surface area contributed by atoms with Crippen molar-refractivity contribution in [3.63, 3.8) is 0 Å². The molecule has 1 fully saturated rings. The van der Waals surface area contributed by atoms with Crippen molar-refractivity contribution in [2.45, 2.75) is 18.8 Å². The fourth-order valence-electron chi connectivity index (χ4n) is 2.28. The lowest BCUT2D eigenvalue weighted by Crippen LogP contribution is -1.94. The summed E-state index contributed by atoms with van der Waals surface area (Å²) in [5.41, 5.74) is 1.33. The predicted octanol–water partition coefficient (Wildman–Crippen LogP) is 4.05. The molecule has 0 aliphatic heterocycles. The van der Waals surface area contributed by atoms with Crippen molar-refractivity contribution in [1.29, 1.82) is 0 Å². The van der Waals surface area contributed by atoms with Gasteiger partial charge in [0.1, 0.15) is 5.75 Å². The first kappa shape index (κ1) is 11.7. The van der Waals surface area contributed by atoms with Gasteiger partial charge in [-0.25, -0.2) is 9.97 Å². The molecule has 4 nitrogen and oxygen atoms in total. The van der Waals surface area contributed by atoms with Gasteiger partial charge in [0.25, 0.3) is 0 Å². The predicted molar refractivity (Wildman–Crippen MR) is 76.5 cm³/mol. The normalized spacial score (nSPS) is 14.7. The Morgan fingerprint density at radius 3 is 3.00 bits per heavy atom. The Morgan fingerprint density at radius 2 is 2.15 bits per heavy atom. The average Bonchev–Trinajstić information content (AvgIpc) is 3.21. The van der Waals surface area contributed by atoms with Crippen molar-refractivity contribution >= 4 is 17.4 Å². The monoisotopic (exact) mass is 285 g/mol. The Bertz CT molecular complexity index is 780. The van der Waals surface area contributed by atoms with Crippen molar-refractivity contribution in [3.05, 3.63) is 53.6 Å². The Labute approximate surface area is 121 Å². The first-order valence-electron chi connectivity index (χ1n) is 6.56. The second kappa shape index (κ2) is 4.49. The van der Waals surface area contributed by atoms with Gasteiger partial charge < -0.3 is 4.74 Å². The second-order valence-corrected chi connectivity index (χ2v) is 5.32. The number of benzene rings is 1. The number of ether oxygens (including phenoxy) is 1. The van der Waals surface area contributed by atoms with E-state index in [9.17, 15) is 0 Å². The van der Waals surface area contributed by atoms with E-state index in [1.54, 1.807) is 23.0 Å². The maximum absolute atomic E-state index is 6.31. The minimum atomic E-state index is 0.476. The molecular weight excluding hydrogens is 274 g/mol. The molecule has 5 heteroatoms. The van der Waals surface area contributed by atoms with Crippen LogP contribution in [0, 0.1) is 0 Å². The van der Waals surface area contributed by atoms with Crippen LogP contribution in [0.2, 0.25) is 5.15 Å². The van der Waals surface area contributed by atoms with E-state index >= 15 is 0 Å². The van der Waals surface area contributed by atoms with Crippen molar-refractivity contribution in [2.24, 2.45) is 0 Å². The number of hydrogen-bond acceptors (Lipinski definition) is 3. The van der Waals surface area contributed by atoms with Crippen molar-refractivity contribution in [3.8, 4) is 11.5 Å². The van der Waals surface area contributed by atoms with Crippen molar-refractivity contribution in [2.75, 3.05) is 0 Å². The highest BCUT2D eigenvalue weighted by molar-refractivity contribution is 6.31. The zero-order valence-corrected chi connectivity index (χ0v) is 11.4. The summed E-state index contributed by atoms with van der Waals surface area (Å²) in [4.78, 5) is 8.30. The fraction of sp³-hybridized carbons (Fsp3) is 0.200. The number of aromatic nitrogens is 3. The molecule has 4 rings (SSSR count). The van der Waals surface area contributed by atoms with Crippen LogP contribution in [0.3, 0.4) is 0 Å². The average molecular weight is 286 g/mol. The van der Waals surface area contributed by atoms with Crippen LogP contribution in [-0.4, -0.2) is 14.4 Å². The van der Waals surface area contributed by atoms with E-state index in [0.29, 0.717) is 22.6 Å². The van der Waals surface area contributed by atoms with Gasteiger partial charge in [0.15, 0.2) is 10.9 Å². The highest BCUT2D eigenvalue weighted by Crippen LogP contribution is 2.41. The first-order valence-corrected chi connectivity index (χ1v) is 6.94. The Balaban J connectivity index is 1.69. The van der Waals surface area contributed by atoms with Gasteiger partial charge in [-0.2, -0.15) is 0 Å². The standard InChI is InChI=1S/C15H12ClN3O/c16-14-13(9-18-15-17-6-7-19(14)15)20-12-3-1-2-11(8-12)10-4-5-10/h1-3,6-10H,4-5H2. The van der Waals surface area contributed by atoms with Crippen molar-refractivity contribution < 1.29 is 4.74 Å². The lowest BCUT2D eigenvalue weighted by molar-refractivity contribution is 0.476. The summed E-state index contributed by atoms with van der Waals surface area (Å²) < 4.78 is 7.56. The molecule has 2 aromatic heterocycles. The van der Waals surface area contributed by atoms with Gasteiger partial charge in [-0.3, -0.25) is 4.40 Å². The molecule has 0 N–H and O–H groups in total. The summed E-state index contributed by atoms with van der Waals surface area (Å²) in [5, 5.41) is 0.476. The smallest absolute Gasteiger partial charge is 0.235 e. The van der Waals surface area contributed by atoms with Crippen LogP contribution in [0.15, 0.2) is 42.9 Å². The highest BCUT2D eigenvalue weighted by Gasteiger charge is 2.23. The summed E-state index contributed by atoms with van der Waals surface area (Å²) in [6, 6.07) is 8.16. The summed E-state index contributed by atoms with van der Waals surface area (Å²) in [5.74, 6) is 2.58. The Morgan fingerprint density at radius 1 is 1.25 bits per heavy atom. The summed E-state index contributed by atoms with van der Waals surface area (Å²) in [7, 11) is 0. The number of halogens is 1. The van der Waals surface area contributed by atoms with Gasteiger partial charge in [0, 0.05) is 12.4 Å². The molecule has 3 aromatic rings. The van der Waals surface area contributed by atoms with Gasteiger partial charge in [-0.1, -0.05) is 23.7 Å². The zero-order chi connectivity index (χ0) is 13.5. The Kier molecular flexibility index (Phi) is 2.63. The number of rotatable bonds is 3. The number of fused-ring (bicyclic) bond motifs is 1. The Hall–Kier alpha value is -2.07. The quantitative estimate of drug-likeness (QED) is 0.682. The van der Waals surface area contributed by atoms with Crippen LogP contribution in [0.4, 0.5) is 0 Å². The third-order valence-electron chi connectivity index (χ3n) is 3.47. The maximum Gasteiger partial charge on any atom is 0.235 e. The van der Waals surface area contributed by atoms with Gasteiger partial charge in [-0.15, -0.1) is 0 Å². The molecular formula is C15H12ClN3O. The number of hydrogen-bond donors (Lipinski definition) is 0. The highest BCUT2D eigenvalue weighted by atomic mass is 35.5. The maximum atomic E-state index is 6.31. The minimum Gasteiger partial charge on any atom is -0.453 e. The molecule has 0 spiro atoms. The summed E-state index contributed by atoms with van der Waals surface area (Å²) >= 11 is 6.31. The van der Waals surface area contributed by atoms with Crippen LogP contribution in [0.25, 0.3) is 5.78 Å².